The van der Waals surface area contributed by atoms with Crippen LogP contribution >= 0.6 is 0 Å². The second kappa shape index (κ2) is 64.7. The monoisotopic (exact) mass is 2630 g/mol. The molecule has 12 aromatic rings. The van der Waals surface area contributed by atoms with Crippen molar-refractivity contribution in [1.29, 1.82) is 0 Å². The van der Waals surface area contributed by atoms with E-state index in [0.29, 0.717) is 11.5 Å². The Hall–Kier alpha value is -9.16. The number of nitrogens with zero attached hydrogens (tertiary/aromatic N) is 4. The van der Waals surface area contributed by atoms with Crippen LogP contribution in [0.3, 0.4) is 0 Å². The van der Waals surface area contributed by atoms with Crippen molar-refractivity contribution >= 4 is 66.7 Å². The summed E-state index contributed by atoms with van der Waals surface area (Å²) in [6, 6.07) is 73.6. The molecule has 0 atom stereocenters. The van der Waals surface area contributed by atoms with E-state index >= 15 is 0 Å². The second-order valence-electron chi connectivity index (χ2n) is 38.7. The Morgan fingerprint density at radius 3 is 0.775 bits per heavy atom. The number of hydrogen-bond donors (Lipinski definition) is 4. The molecule has 0 aliphatic heterocycles. The molecule has 4 heterocycles. The first-order valence-corrected chi connectivity index (χ1v) is 51.7. The van der Waals surface area contributed by atoms with Crippen LogP contribution in [0.4, 0.5) is 0 Å². The van der Waals surface area contributed by atoms with Crippen molar-refractivity contribution < 1.29 is 120 Å². The van der Waals surface area contributed by atoms with Crippen molar-refractivity contribution in [2.45, 2.75) is 317 Å². The maximum atomic E-state index is 12.0. The van der Waals surface area contributed by atoms with E-state index in [1.54, 1.807) is 6.08 Å². The Balaban J connectivity index is 0.000000288. The van der Waals surface area contributed by atoms with E-state index < -0.39 is 0 Å². The topological polar surface area (TPSA) is 201 Å². The number of aliphatic hydroxyl groups excluding tert-OH is 4. The quantitative estimate of drug-likeness (QED) is 0.0227. The molecule has 142 heavy (non-hydrogen) atoms. The number of aryl methyl sites for hydroxylation is 12. The summed E-state index contributed by atoms with van der Waals surface area (Å²) in [4.78, 5) is 64.9. The van der Waals surface area contributed by atoms with Gasteiger partial charge in [-0.1, -0.05) is 298 Å². The van der Waals surface area contributed by atoms with Gasteiger partial charge in [0.05, 0.1) is 45.1 Å². The van der Waals surface area contributed by atoms with Gasteiger partial charge < -0.3 is 20.4 Å². The zero-order valence-electron chi connectivity index (χ0n) is 87.7. The van der Waals surface area contributed by atoms with E-state index in [1.807, 2.05) is 27.7 Å². The average Bonchev–Trinajstić information content (AvgIpc) is 1.16. The molecular weight excluding hydrogens is 2470 g/mol. The molecule has 4 radical (unpaired) electrons. The fourth-order valence-corrected chi connectivity index (χ4v) is 19.6. The second-order valence-corrected chi connectivity index (χ2v) is 38.7. The number of benzene rings is 8. The molecule has 4 saturated carbocycles. The summed E-state index contributed by atoms with van der Waals surface area (Å²) < 4.78 is 0. The van der Waals surface area contributed by atoms with Gasteiger partial charge in [0, 0.05) is 162 Å². The van der Waals surface area contributed by atoms with Crippen molar-refractivity contribution in [2.75, 3.05) is 0 Å². The van der Waals surface area contributed by atoms with Crippen molar-refractivity contribution in [3.63, 3.8) is 0 Å². The van der Waals surface area contributed by atoms with E-state index in [2.05, 4.69) is 277 Å². The third-order valence-electron chi connectivity index (χ3n) is 26.6. The third kappa shape index (κ3) is 39.3. The Bertz CT molecular complexity index is 5460. The zero-order valence-corrected chi connectivity index (χ0v) is 97.3. The standard InChI is InChI=1S/4C20H20N.C15H24O2.C13H20O2.C13H24O2.C5H8O2.4Ir/c4*1-4-7-16-13-20(17-11-14(2)10-15(3)12-17)21-19-9-6-5-8-18(16)19;16-14(12-7-3-1-4-8-12)11-15(17)13-9-5-2-6-10-13;14-12(10-5-1-2-6-10)9-13(15)11-7-3-4-8-11;1-5-10(6-2)12(14)9-13(15)11(7-3)8-4;1-4(6)3-5(2)7;;;;/h4*5-6,8-11,13H,4,7H2,1-3H3;11-13,16H,1-10H2;9-11,14H,1-8H2;9-11,14H,5-8H2,1-4H3;3,6H,1-2H3;;;;/q4*-1;;;;;;;;. The minimum absolute atomic E-state index is 0. The van der Waals surface area contributed by atoms with Crippen LogP contribution in [-0.2, 0) is 125 Å². The molecule has 12 nitrogen and oxygen atoms in total. The number of carbonyl (C=O) groups is 4. The van der Waals surface area contributed by atoms with Crippen LogP contribution < -0.4 is 0 Å². The molecule has 0 unspecified atom stereocenters. The molecule has 0 amide bonds. The van der Waals surface area contributed by atoms with Crippen molar-refractivity contribution in [3.8, 4) is 45.0 Å². The largest absolute Gasteiger partial charge is 0.512 e. The summed E-state index contributed by atoms with van der Waals surface area (Å²) in [7, 11) is 0. The van der Waals surface area contributed by atoms with E-state index in [0.717, 1.165) is 218 Å². The molecule has 4 aromatic heterocycles. The van der Waals surface area contributed by atoms with Gasteiger partial charge in [0.2, 0.25) is 0 Å². The number of allylic oxidation sites excluding steroid dienone is 8. The van der Waals surface area contributed by atoms with Gasteiger partial charge in [0.15, 0.2) is 23.1 Å². The number of fused-ring (bicyclic) bond motifs is 4. The minimum atomic E-state index is -0.125. The molecule has 16 rings (SSSR count). The number of ketones is 4. The molecule has 16 heteroatoms. The number of rotatable bonds is 26. The van der Waals surface area contributed by atoms with Gasteiger partial charge in [0.1, 0.15) is 0 Å². The maximum absolute atomic E-state index is 12.0. The van der Waals surface area contributed by atoms with Crippen LogP contribution in [0.25, 0.3) is 88.6 Å². The number of aliphatic hydroxyl groups is 4. The van der Waals surface area contributed by atoms with Gasteiger partial charge in [-0.3, -0.25) is 39.1 Å². The first kappa shape index (κ1) is 123. The molecule has 4 aliphatic carbocycles. The summed E-state index contributed by atoms with van der Waals surface area (Å²) in [5, 5.41) is 43.0. The fourth-order valence-electron chi connectivity index (χ4n) is 19.6. The number of pyridine rings is 4. The Kier molecular flexibility index (Phi) is 56.1. The van der Waals surface area contributed by atoms with Crippen LogP contribution in [0.15, 0.2) is 217 Å². The predicted molar refractivity (Wildman–Crippen MR) is 577 cm³/mol. The van der Waals surface area contributed by atoms with Crippen molar-refractivity contribution in [2.24, 2.45) is 35.5 Å². The number of para-hydroxylation sites is 4. The summed E-state index contributed by atoms with van der Waals surface area (Å²) in [5.41, 5.74) is 28.0. The zero-order chi connectivity index (χ0) is 99.7. The van der Waals surface area contributed by atoms with Crippen LogP contribution in [0.5, 0.6) is 0 Å². The summed E-state index contributed by atoms with van der Waals surface area (Å²) in [6.45, 7) is 36.6. The average molecular weight is 2620 g/mol. The van der Waals surface area contributed by atoms with Gasteiger partial charge in [0.25, 0.3) is 0 Å². The van der Waals surface area contributed by atoms with Gasteiger partial charge in [-0.15, -0.1) is 140 Å². The molecule has 768 valence electrons. The number of aromatic nitrogens is 4. The van der Waals surface area contributed by atoms with Gasteiger partial charge >= 0.3 is 0 Å². The van der Waals surface area contributed by atoms with Gasteiger partial charge in [-0.05, 0) is 186 Å². The third-order valence-corrected chi connectivity index (χ3v) is 26.6. The number of hydrogen-bond acceptors (Lipinski definition) is 12. The number of carbonyl (C=O) groups excluding carboxylic acids is 4. The Morgan fingerprint density at radius 1 is 0.317 bits per heavy atom. The first-order chi connectivity index (χ1) is 66.4. The molecule has 0 bridgehead atoms. The van der Waals surface area contributed by atoms with E-state index in [4.69, 9.17) is 25.0 Å². The molecule has 0 spiro atoms. The van der Waals surface area contributed by atoms with Crippen molar-refractivity contribution in [1.82, 2.24) is 19.9 Å². The Labute approximate surface area is 905 Å². The molecule has 4 aliphatic rings. The minimum Gasteiger partial charge on any atom is -0.512 e. The van der Waals surface area contributed by atoms with Crippen LogP contribution in [0.2, 0.25) is 0 Å². The van der Waals surface area contributed by atoms with Crippen LogP contribution in [0, 0.1) is 115 Å². The van der Waals surface area contributed by atoms with E-state index in [9.17, 15) is 34.5 Å². The summed E-state index contributed by atoms with van der Waals surface area (Å²) >= 11 is 0. The van der Waals surface area contributed by atoms with Gasteiger partial charge in [-0.25, -0.2) is 0 Å². The Morgan fingerprint density at radius 2 is 0.556 bits per heavy atom. The van der Waals surface area contributed by atoms with Crippen LogP contribution in [0.1, 0.15) is 303 Å². The maximum Gasteiger partial charge on any atom is 0.162 e. The predicted octanol–water partition coefficient (Wildman–Crippen LogP) is 33.5. The fraction of sp³-hybridized carbons (Fsp3) is 0.429. The summed E-state index contributed by atoms with van der Waals surface area (Å²) in [6.07, 6.45) is 38.4. The normalized spacial score (nSPS) is 14.0. The van der Waals surface area contributed by atoms with Crippen LogP contribution in [-0.4, -0.2) is 63.5 Å². The first-order valence-electron chi connectivity index (χ1n) is 51.7. The molecule has 4 fully saturated rings. The van der Waals surface area contributed by atoms with Gasteiger partial charge in [-0.2, -0.15) is 0 Å². The van der Waals surface area contributed by atoms with Crippen molar-refractivity contribution in [3.05, 3.63) is 308 Å². The molecule has 0 saturated heterocycles. The molecule has 8 aromatic carbocycles. The SMILES string of the molecule is CC(=O)C=C(C)O.CCC(CC)C(=O)C=C(O)C(CC)CC.CCCc1cc(-c2[c-]c(C)cc(C)c2)nc2ccccc12.CCCc1cc(-c2[c-]c(C)cc(C)c2)nc2ccccc12.CCCc1cc(-c2[c-]c(C)cc(C)c2)nc2ccccc12.CCCc1cc(-c2[c-]c(C)cc(C)c2)nc2ccccc12.O=C(C=C(O)C1CCCC1)C1CCCC1.O=C(C=C(O)C1CCCCC1)C1CCCCC1.[Ir].[Ir].[Ir].[Ir]. The molecule has 4 N–H and O–H groups in total. The van der Waals surface area contributed by atoms with E-state index in [-0.39, 0.29) is 151 Å². The smallest absolute Gasteiger partial charge is 0.162 e. The molecular formula is C126H156Ir4N4O8-4. The van der Waals surface area contributed by atoms with E-state index in [1.165, 1.54) is 162 Å². The summed E-state index contributed by atoms with van der Waals surface area (Å²) in [5.74, 6) is 2.46.